The van der Waals surface area contributed by atoms with E-state index in [0.29, 0.717) is 31.1 Å². The Hall–Kier alpha value is -0.570. The van der Waals surface area contributed by atoms with Crippen molar-refractivity contribution in [2.75, 3.05) is 32.7 Å². The first-order valence-corrected chi connectivity index (χ1v) is 8.61. The van der Waals surface area contributed by atoms with E-state index in [1.807, 2.05) is 6.07 Å². The van der Waals surface area contributed by atoms with E-state index < -0.39 is 5.97 Å². The zero-order valence-electron chi connectivity index (χ0n) is 12.5. The Bertz CT molecular complexity index is 456. The molecule has 0 unspecified atom stereocenters. The highest BCUT2D eigenvalue weighted by molar-refractivity contribution is 14.1. The first-order chi connectivity index (χ1) is 10.7. The van der Waals surface area contributed by atoms with Gasteiger partial charge in [-0.25, -0.2) is 4.79 Å². The summed E-state index contributed by atoms with van der Waals surface area (Å²) in [5, 5.41) is 0. The van der Waals surface area contributed by atoms with Crippen molar-refractivity contribution in [3.05, 3.63) is 27.3 Å². The van der Waals surface area contributed by atoms with Crippen LogP contribution in [-0.2, 0) is 14.2 Å². The van der Waals surface area contributed by atoms with Crippen LogP contribution in [0.15, 0.2) is 18.2 Å². The summed E-state index contributed by atoms with van der Waals surface area (Å²) in [5.41, 5.74) is 0.372. The third-order valence-corrected chi connectivity index (χ3v) is 3.46. The van der Waals surface area contributed by atoms with Gasteiger partial charge in [-0.3, -0.25) is 0 Å². The van der Waals surface area contributed by atoms with Crippen LogP contribution in [-0.4, -0.2) is 38.6 Å². The number of ether oxygens (including phenoxy) is 4. The zero-order chi connectivity index (χ0) is 16.2. The fraction of sp³-hybridized carbons (Fsp3) is 0.533. The highest BCUT2D eigenvalue weighted by Crippen LogP contribution is 2.22. The van der Waals surface area contributed by atoms with Crippen molar-refractivity contribution < 1.29 is 23.7 Å². The second kappa shape index (κ2) is 11.9. The molecule has 0 aromatic heterocycles. The van der Waals surface area contributed by atoms with Gasteiger partial charge in [0.15, 0.2) is 6.79 Å². The average Bonchev–Trinajstić information content (AvgIpc) is 2.52. The Morgan fingerprint density at radius 3 is 2.77 bits per heavy atom. The lowest BCUT2D eigenvalue weighted by Gasteiger charge is -2.12. The SMILES string of the molecule is CCCCOCOC(=O)c1cc(I)ccc1OCCOCCl. The molecular weight excluding hydrogens is 423 g/mol. The summed E-state index contributed by atoms with van der Waals surface area (Å²) < 4.78 is 21.8. The van der Waals surface area contributed by atoms with Crippen molar-refractivity contribution in [1.29, 1.82) is 0 Å². The van der Waals surface area contributed by atoms with Crippen LogP contribution < -0.4 is 4.74 Å². The van der Waals surface area contributed by atoms with Gasteiger partial charge in [0.05, 0.1) is 13.2 Å². The van der Waals surface area contributed by atoms with Crippen LogP contribution >= 0.6 is 34.2 Å². The molecule has 124 valence electrons. The van der Waals surface area contributed by atoms with Gasteiger partial charge < -0.3 is 18.9 Å². The summed E-state index contributed by atoms with van der Waals surface area (Å²) in [6, 6.07) is 5.41. The summed E-state index contributed by atoms with van der Waals surface area (Å²) in [5.74, 6) is -0.0135. The van der Waals surface area contributed by atoms with Crippen LogP contribution in [0.3, 0.4) is 0 Å². The number of benzene rings is 1. The highest BCUT2D eigenvalue weighted by atomic mass is 127. The molecule has 0 aliphatic carbocycles. The van der Waals surface area contributed by atoms with Gasteiger partial charge in [0.2, 0.25) is 0 Å². The number of alkyl halides is 1. The van der Waals surface area contributed by atoms with Crippen molar-refractivity contribution >= 4 is 40.2 Å². The van der Waals surface area contributed by atoms with E-state index in [-0.39, 0.29) is 12.9 Å². The van der Waals surface area contributed by atoms with Crippen LogP contribution in [0, 0.1) is 3.57 Å². The minimum absolute atomic E-state index is 0.0564. The number of carbonyl (C=O) groups excluding carboxylic acids is 1. The van der Waals surface area contributed by atoms with Gasteiger partial charge in [-0.2, -0.15) is 0 Å². The Morgan fingerprint density at radius 2 is 2.05 bits per heavy atom. The monoisotopic (exact) mass is 442 g/mol. The van der Waals surface area contributed by atoms with E-state index in [0.717, 1.165) is 16.4 Å². The number of esters is 1. The van der Waals surface area contributed by atoms with Gasteiger partial charge in [-0.05, 0) is 47.2 Å². The van der Waals surface area contributed by atoms with E-state index in [4.69, 9.17) is 30.5 Å². The van der Waals surface area contributed by atoms with Crippen LogP contribution in [0.5, 0.6) is 5.75 Å². The molecule has 0 heterocycles. The highest BCUT2D eigenvalue weighted by Gasteiger charge is 2.15. The minimum atomic E-state index is -0.469. The van der Waals surface area contributed by atoms with Crippen molar-refractivity contribution in [3.8, 4) is 5.75 Å². The Morgan fingerprint density at radius 1 is 1.23 bits per heavy atom. The van der Waals surface area contributed by atoms with Gasteiger partial charge in [-0.1, -0.05) is 24.9 Å². The molecule has 0 amide bonds. The first kappa shape index (κ1) is 19.5. The summed E-state index contributed by atoms with van der Waals surface area (Å²) in [6.45, 7) is 3.25. The lowest BCUT2D eigenvalue weighted by Crippen LogP contribution is -2.13. The lowest BCUT2D eigenvalue weighted by molar-refractivity contribution is -0.0322. The van der Waals surface area contributed by atoms with Crippen molar-refractivity contribution in [3.63, 3.8) is 0 Å². The van der Waals surface area contributed by atoms with Gasteiger partial charge in [0.25, 0.3) is 0 Å². The Kier molecular flexibility index (Phi) is 10.6. The summed E-state index contributed by atoms with van der Waals surface area (Å²) in [7, 11) is 0. The zero-order valence-corrected chi connectivity index (χ0v) is 15.4. The predicted octanol–water partition coefficient (Wildman–Crippen LogP) is 3.81. The van der Waals surface area contributed by atoms with Gasteiger partial charge >= 0.3 is 5.97 Å². The van der Waals surface area contributed by atoms with Crippen molar-refractivity contribution in [1.82, 2.24) is 0 Å². The summed E-state index contributed by atoms with van der Waals surface area (Å²) in [4.78, 5) is 12.1. The lowest BCUT2D eigenvalue weighted by atomic mass is 10.2. The quantitative estimate of drug-likeness (QED) is 0.171. The van der Waals surface area contributed by atoms with Gasteiger partial charge in [0.1, 0.15) is 24.0 Å². The molecule has 1 aromatic carbocycles. The number of hydrogen-bond donors (Lipinski definition) is 0. The smallest absolute Gasteiger partial charge is 0.344 e. The number of rotatable bonds is 11. The fourth-order valence-electron chi connectivity index (χ4n) is 1.53. The minimum Gasteiger partial charge on any atom is -0.490 e. The second-order valence-electron chi connectivity index (χ2n) is 4.32. The number of carbonyl (C=O) groups is 1. The molecule has 0 fully saturated rings. The largest absolute Gasteiger partial charge is 0.490 e. The molecule has 0 aliphatic heterocycles. The normalized spacial score (nSPS) is 10.5. The standard InChI is InChI=1S/C15H20ClIO5/c1-2-3-6-20-11-22-15(18)13-9-12(17)4-5-14(13)21-8-7-19-10-16/h4-5,9H,2-3,6-8,10-11H2,1H3. The molecule has 22 heavy (non-hydrogen) atoms. The molecule has 0 atom stereocenters. The van der Waals surface area contributed by atoms with Crippen molar-refractivity contribution in [2.45, 2.75) is 19.8 Å². The Labute approximate surface area is 149 Å². The third kappa shape index (κ3) is 7.62. The first-order valence-electron chi connectivity index (χ1n) is 7.00. The molecule has 0 N–H and O–H groups in total. The number of hydrogen-bond acceptors (Lipinski definition) is 5. The van der Waals surface area contributed by atoms with Crippen LogP contribution in [0.1, 0.15) is 30.1 Å². The molecule has 5 nitrogen and oxygen atoms in total. The molecule has 0 saturated heterocycles. The predicted molar refractivity (Wildman–Crippen MR) is 92.5 cm³/mol. The van der Waals surface area contributed by atoms with E-state index in [9.17, 15) is 4.79 Å². The number of halogens is 2. The molecule has 0 bridgehead atoms. The molecule has 1 rings (SSSR count). The maximum atomic E-state index is 12.1. The average molecular weight is 443 g/mol. The van der Waals surface area contributed by atoms with Crippen LogP contribution in [0.4, 0.5) is 0 Å². The molecule has 0 radical (unpaired) electrons. The summed E-state index contributed by atoms with van der Waals surface area (Å²) in [6.07, 6.45) is 1.98. The van der Waals surface area contributed by atoms with Crippen LogP contribution in [0.25, 0.3) is 0 Å². The second-order valence-corrected chi connectivity index (χ2v) is 5.78. The summed E-state index contributed by atoms with van der Waals surface area (Å²) >= 11 is 7.54. The topological polar surface area (TPSA) is 54.0 Å². The van der Waals surface area contributed by atoms with E-state index in [1.165, 1.54) is 0 Å². The molecular formula is C15H20ClIO5. The molecule has 7 heteroatoms. The molecule has 0 spiro atoms. The number of unbranched alkanes of at least 4 members (excludes halogenated alkanes) is 1. The maximum Gasteiger partial charge on any atom is 0.344 e. The van der Waals surface area contributed by atoms with E-state index in [2.05, 4.69) is 29.5 Å². The van der Waals surface area contributed by atoms with Gasteiger partial charge in [-0.15, -0.1) is 0 Å². The molecule has 1 aromatic rings. The Balaban J connectivity index is 2.54. The van der Waals surface area contributed by atoms with E-state index in [1.54, 1.807) is 12.1 Å². The van der Waals surface area contributed by atoms with Crippen molar-refractivity contribution in [2.24, 2.45) is 0 Å². The van der Waals surface area contributed by atoms with E-state index >= 15 is 0 Å². The van der Waals surface area contributed by atoms with Gasteiger partial charge in [0, 0.05) is 3.57 Å². The maximum absolute atomic E-state index is 12.1. The molecule has 0 aliphatic rings. The third-order valence-electron chi connectivity index (χ3n) is 2.64. The fourth-order valence-corrected chi connectivity index (χ4v) is 2.13. The molecule has 0 saturated carbocycles. The van der Waals surface area contributed by atoms with Crippen LogP contribution in [0.2, 0.25) is 0 Å².